The van der Waals surface area contributed by atoms with Crippen LogP contribution in [0.15, 0.2) is 47.4 Å². The number of hydrogen-bond donors (Lipinski definition) is 0. The van der Waals surface area contributed by atoms with Gasteiger partial charge in [-0.05, 0) is 80.6 Å². The molecule has 2 aromatic rings. The molecule has 0 radical (unpaired) electrons. The van der Waals surface area contributed by atoms with Gasteiger partial charge in [0.15, 0.2) is 0 Å². The molecule has 7 heteroatoms. The van der Waals surface area contributed by atoms with E-state index < -0.39 is 10.0 Å². The van der Waals surface area contributed by atoms with Crippen molar-refractivity contribution in [1.29, 1.82) is 0 Å². The number of amides is 1. The molecule has 2 aromatic carbocycles. The number of benzene rings is 2. The summed E-state index contributed by atoms with van der Waals surface area (Å²) < 4.78 is 27.9. The summed E-state index contributed by atoms with van der Waals surface area (Å²) in [6, 6.07) is 11.5. The van der Waals surface area contributed by atoms with Crippen molar-refractivity contribution >= 4 is 33.2 Å². The molecule has 0 unspecified atom stereocenters. The van der Waals surface area contributed by atoms with E-state index in [0.29, 0.717) is 23.8 Å². The van der Waals surface area contributed by atoms with Crippen molar-refractivity contribution < 1.29 is 13.2 Å². The van der Waals surface area contributed by atoms with Crippen LogP contribution in [-0.4, -0.2) is 38.9 Å². The van der Waals surface area contributed by atoms with E-state index in [2.05, 4.69) is 0 Å². The summed E-state index contributed by atoms with van der Waals surface area (Å²) in [6.07, 6.45) is 3.02. The number of rotatable bonds is 5. The zero-order valence-corrected chi connectivity index (χ0v) is 17.8. The first-order chi connectivity index (χ1) is 13.3. The van der Waals surface area contributed by atoms with E-state index >= 15 is 0 Å². The average Bonchev–Trinajstić information content (AvgIpc) is 2.69. The molecule has 0 aliphatic carbocycles. The van der Waals surface area contributed by atoms with Crippen molar-refractivity contribution in [3.05, 3.63) is 58.6 Å². The van der Waals surface area contributed by atoms with Crippen molar-refractivity contribution in [2.24, 2.45) is 0 Å². The van der Waals surface area contributed by atoms with Crippen LogP contribution in [0.1, 0.15) is 30.4 Å². The van der Waals surface area contributed by atoms with Gasteiger partial charge in [-0.1, -0.05) is 17.7 Å². The summed E-state index contributed by atoms with van der Waals surface area (Å²) in [5, 5.41) is 0.459. The molecule has 0 saturated carbocycles. The third kappa shape index (κ3) is 4.50. The fraction of sp³-hybridized carbons (Fsp3) is 0.381. The summed E-state index contributed by atoms with van der Waals surface area (Å²) in [4.78, 5) is 14.7. The van der Waals surface area contributed by atoms with Crippen molar-refractivity contribution in [3.63, 3.8) is 0 Å². The largest absolute Gasteiger partial charge is 0.341 e. The molecule has 28 heavy (non-hydrogen) atoms. The lowest BCUT2D eigenvalue weighted by Gasteiger charge is -2.31. The van der Waals surface area contributed by atoms with Crippen LogP contribution in [0.4, 0.5) is 5.69 Å². The van der Waals surface area contributed by atoms with Crippen molar-refractivity contribution in [2.75, 3.05) is 23.9 Å². The number of carbonyl (C=O) groups excluding carboxylic acids is 1. The zero-order valence-electron chi connectivity index (χ0n) is 16.2. The number of halogens is 1. The van der Waals surface area contributed by atoms with Crippen molar-refractivity contribution in [3.8, 4) is 0 Å². The molecule has 0 aromatic heterocycles. The summed E-state index contributed by atoms with van der Waals surface area (Å²) >= 11 is 5.91. The first-order valence-corrected chi connectivity index (χ1v) is 11.2. The van der Waals surface area contributed by atoms with Crippen molar-refractivity contribution in [2.45, 2.75) is 38.0 Å². The number of anilines is 1. The highest BCUT2D eigenvalue weighted by atomic mass is 35.5. The van der Waals surface area contributed by atoms with E-state index in [1.165, 1.54) is 16.4 Å². The van der Waals surface area contributed by atoms with Gasteiger partial charge in [-0.15, -0.1) is 0 Å². The molecule has 1 heterocycles. The molecule has 0 N–H and O–H groups in total. The molecule has 0 atom stereocenters. The second kappa shape index (κ2) is 8.53. The molecule has 1 fully saturated rings. The van der Waals surface area contributed by atoms with Gasteiger partial charge in [-0.2, -0.15) is 0 Å². The molecule has 1 aliphatic heterocycles. The summed E-state index contributed by atoms with van der Waals surface area (Å²) in [5.74, 6) is -0.171. The molecular formula is C21H25ClN2O3S. The third-order valence-corrected chi connectivity index (χ3v) is 7.21. The Morgan fingerprint density at radius 3 is 2.25 bits per heavy atom. The van der Waals surface area contributed by atoms with E-state index in [1.807, 2.05) is 26.0 Å². The molecule has 0 spiro atoms. The maximum absolute atomic E-state index is 13.4. The molecule has 1 saturated heterocycles. The summed E-state index contributed by atoms with van der Waals surface area (Å²) in [7, 11) is -3.91. The van der Waals surface area contributed by atoms with E-state index in [0.717, 1.165) is 30.4 Å². The second-order valence-electron chi connectivity index (χ2n) is 7.18. The van der Waals surface area contributed by atoms with Gasteiger partial charge in [-0.3, -0.25) is 9.10 Å². The van der Waals surface area contributed by atoms with Gasteiger partial charge in [0.05, 0.1) is 10.6 Å². The Bertz CT molecular complexity index is 952. The summed E-state index contributed by atoms with van der Waals surface area (Å²) in [6.45, 7) is 5.04. The lowest BCUT2D eigenvalue weighted by molar-refractivity contribution is -0.130. The Hall–Kier alpha value is -2.05. The van der Waals surface area contributed by atoms with Crippen LogP contribution in [0.2, 0.25) is 5.02 Å². The van der Waals surface area contributed by atoms with Gasteiger partial charge < -0.3 is 4.90 Å². The first kappa shape index (κ1) is 20.7. The van der Waals surface area contributed by atoms with E-state index in [4.69, 9.17) is 11.6 Å². The highest BCUT2D eigenvalue weighted by Gasteiger charge is 2.29. The molecule has 150 valence electrons. The van der Waals surface area contributed by atoms with Crippen LogP contribution in [0.5, 0.6) is 0 Å². The molecular weight excluding hydrogens is 396 g/mol. The smallest absolute Gasteiger partial charge is 0.264 e. The van der Waals surface area contributed by atoms with Crippen LogP contribution >= 0.6 is 11.6 Å². The van der Waals surface area contributed by atoms with Gasteiger partial charge in [0, 0.05) is 18.1 Å². The third-order valence-electron chi connectivity index (χ3n) is 5.17. The quantitative estimate of drug-likeness (QED) is 0.729. The van der Waals surface area contributed by atoms with Crippen LogP contribution in [-0.2, 0) is 14.8 Å². The van der Waals surface area contributed by atoms with Gasteiger partial charge in [0.2, 0.25) is 5.91 Å². The van der Waals surface area contributed by atoms with E-state index in [9.17, 15) is 13.2 Å². The molecule has 1 amide bonds. The molecule has 5 nitrogen and oxygen atoms in total. The van der Waals surface area contributed by atoms with E-state index in [-0.39, 0.29) is 17.3 Å². The van der Waals surface area contributed by atoms with Gasteiger partial charge >= 0.3 is 0 Å². The molecule has 3 rings (SSSR count). The first-order valence-electron chi connectivity index (χ1n) is 9.42. The van der Waals surface area contributed by atoms with Crippen LogP contribution in [0.25, 0.3) is 0 Å². The standard InChI is InChI=1S/C21H25ClN2O3S/c1-16-6-9-19(14-17(16)2)24(15-21(25)23-12-4-3-5-13-23)28(26,27)20-10-7-18(22)8-11-20/h6-11,14H,3-5,12-13,15H2,1-2H3. The highest BCUT2D eigenvalue weighted by molar-refractivity contribution is 7.92. The predicted molar refractivity (Wildman–Crippen MR) is 112 cm³/mol. The second-order valence-corrected chi connectivity index (χ2v) is 9.47. The number of carbonyl (C=O) groups is 1. The maximum atomic E-state index is 13.4. The Labute approximate surface area is 172 Å². The zero-order chi connectivity index (χ0) is 20.3. The number of hydrogen-bond acceptors (Lipinski definition) is 3. The summed E-state index contributed by atoms with van der Waals surface area (Å²) in [5.41, 5.74) is 2.53. The Morgan fingerprint density at radius 1 is 1.00 bits per heavy atom. The fourth-order valence-corrected chi connectivity index (χ4v) is 4.83. The normalized spacial score (nSPS) is 14.8. The minimum atomic E-state index is -3.91. The Morgan fingerprint density at radius 2 is 1.64 bits per heavy atom. The van der Waals surface area contributed by atoms with Crippen molar-refractivity contribution in [1.82, 2.24) is 4.90 Å². The molecule has 1 aliphatic rings. The lowest BCUT2D eigenvalue weighted by atomic mass is 10.1. The monoisotopic (exact) mass is 420 g/mol. The van der Waals surface area contributed by atoms with E-state index in [1.54, 1.807) is 23.1 Å². The fourth-order valence-electron chi connectivity index (χ4n) is 3.30. The predicted octanol–water partition coefficient (Wildman–Crippen LogP) is 4.16. The van der Waals surface area contributed by atoms with Crippen LogP contribution < -0.4 is 4.31 Å². The number of likely N-dealkylation sites (tertiary alicyclic amines) is 1. The van der Waals surface area contributed by atoms with Crippen LogP contribution in [0.3, 0.4) is 0 Å². The number of aryl methyl sites for hydroxylation is 2. The van der Waals surface area contributed by atoms with Gasteiger partial charge in [-0.25, -0.2) is 8.42 Å². The Kier molecular flexibility index (Phi) is 6.30. The number of piperidine rings is 1. The topological polar surface area (TPSA) is 57.7 Å². The minimum absolute atomic E-state index is 0.113. The lowest BCUT2D eigenvalue weighted by Crippen LogP contribution is -2.44. The SMILES string of the molecule is Cc1ccc(N(CC(=O)N2CCCCC2)S(=O)(=O)c2ccc(Cl)cc2)cc1C. The van der Waals surface area contributed by atoms with Gasteiger partial charge in [0.1, 0.15) is 6.54 Å². The average molecular weight is 421 g/mol. The molecule has 0 bridgehead atoms. The van der Waals surface area contributed by atoms with Crippen LogP contribution in [0, 0.1) is 13.8 Å². The highest BCUT2D eigenvalue weighted by Crippen LogP contribution is 2.27. The number of nitrogens with zero attached hydrogens (tertiary/aromatic N) is 2. The number of sulfonamides is 1. The maximum Gasteiger partial charge on any atom is 0.264 e. The van der Waals surface area contributed by atoms with Gasteiger partial charge in [0.25, 0.3) is 10.0 Å². The Balaban J connectivity index is 1.99. The minimum Gasteiger partial charge on any atom is -0.341 e.